The predicted octanol–water partition coefficient (Wildman–Crippen LogP) is 2.91. The summed E-state index contributed by atoms with van der Waals surface area (Å²) < 4.78 is 7.33. The van der Waals surface area contributed by atoms with Crippen LogP contribution in [0.1, 0.15) is 25.5 Å². The maximum atomic E-state index is 12.3. The molecule has 6 heteroatoms. The zero-order chi connectivity index (χ0) is 17.6. The minimum absolute atomic E-state index is 0.126. The zero-order valence-electron chi connectivity index (χ0n) is 14.2. The van der Waals surface area contributed by atoms with Crippen LogP contribution in [0.3, 0.4) is 0 Å². The summed E-state index contributed by atoms with van der Waals surface area (Å²) in [6, 6.07) is 17.0. The molecular weight excluding hydrogens is 316 g/mol. The van der Waals surface area contributed by atoms with Crippen molar-refractivity contribution in [1.29, 1.82) is 0 Å². The van der Waals surface area contributed by atoms with E-state index in [1.165, 1.54) is 6.33 Å². The van der Waals surface area contributed by atoms with Gasteiger partial charge in [-0.15, -0.1) is 0 Å². The molecular formula is C19H20N4O2. The fourth-order valence-electron chi connectivity index (χ4n) is 2.43. The first kappa shape index (κ1) is 16.7. The Morgan fingerprint density at radius 3 is 2.44 bits per heavy atom. The Bertz CT molecular complexity index is 801. The van der Waals surface area contributed by atoms with E-state index >= 15 is 0 Å². The van der Waals surface area contributed by atoms with Crippen LogP contribution < -0.4 is 10.1 Å². The molecule has 6 nitrogen and oxygen atoms in total. The normalized spacial score (nSPS) is 13.0. The lowest BCUT2D eigenvalue weighted by Gasteiger charge is -2.19. The van der Waals surface area contributed by atoms with Gasteiger partial charge in [0.25, 0.3) is 5.91 Å². The van der Waals surface area contributed by atoms with Crippen molar-refractivity contribution in [2.45, 2.75) is 26.0 Å². The van der Waals surface area contributed by atoms with E-state index in [-0.39, 0.29) is 11.9 Å². The summed E-state index contributed by atoms with van der Waals surface area (Å²) in [6.45, 7) is 3.68. The number of amides is 1. The number of carbonyl (C=O) groups excluding carboxylic acids is 1. The Labute approximate surface area is 146 Å². The number of rotatable bonds is 6. The summed E-state index contributed by atoms with van der Waals surface area (Å²) in [5, 5.41) is 7.06. The van der Waals surface area contributed by atoms with Crippen molar-refractivity contribution in [2.24, 2.45) is 0 Å². The second-order valence-electron chi connectivity index (χ2n) is 5.73. The summed E-state index contributed by atoms with van der Waals surface area (Å²) in [7, 11) is 0. The van der Waals surface area contributed by atoms with E-state index in [1.807, 2.05) is 61.5 Å². The van der Waals surface area contributed by atoms with Crippen LogP contribution in [0, 0.1) is 0 Å². The third kappa shape index (κ3) is 4.23. The van der Waals surface area contributed by atoms with Gasteiger partial charge in [-0.3, -0.25) is 4.79 Å². The van der Waals surface area contributed by atoms with E-state index in [1.54, 1.807) is 17.9 Å². The van der Waals surface area contributed by atoms with Crippen molar-refractivity contribution < 1.29 is 9.53 Å². The van der Waals surface area contributed by atoms with Crippen LogP contribution in [0.4, 0.5) is 0 Å². The maximum absolute atomic E-state index is 12.3. The minimum Gasteiger partial charge on any atom is -0.481 e. The van der Waals surface area contributed by atoms with E-state index in [0.717, 1.165) is 11.3 Å². The largest absolute Gasteiger partial charge is 0.481 e. The highest BCUT2D eigenvalue weighted by atomic mass is 16.5. The number of benzene rings is 2. The fraction of sp³-hybridized carbons (Fsp3) is 0.211. The first-order valence-electron chi connectivity index (χ1n) is 8.10. The third-order valence-corrected chi connectivity index (χ3v) is 3.86. The van der Waals surface area contributed by atoms with Crippen LogP contribution in [0.25, 0.3) is 5.69 Å². The van der Waals surface area contributed by atoms with Crippen molar-refractivity contribution in [2.75, 3.05) is 0 Å². The predicted molar refractivity (Wildman–Crippen MR) is 94.4 cm³/mol. The average molecular weight is 336 g/mol. The lowest BCUT2D eigenvalue weighted by molar-refractivity contribution is -0.127. The molecule has 3 rings (SSSR count). The molecule has 0 saturated carbocycles. The SMILES string of the molecule is CC(Oc1ccccc1)C(=O)NC(C)c1ccc(-n2cncn2)cc1. The molecule has 2 aromatic carbocycles. The minimum atomic E-state index is -0.570. The first-order chi connectivity index (χ1) is 12.1. The molecule has 2 atom stereocenters. The van der Waals surface area contributed by atoms with Crippen LogP contribution in [0.2, 0.25) is 0 Å². The Morgan fingerprint density at radius 2 is 1.80 bits per heavy atom. The summed E-state index contributed by atoms with van der Waals surface area (Å²) >= 11 is 0. The molecule has 128 valence electrons. The van der Waals surface area contributed by atoms with Gasteiger partial charge in [-0.05, 0) is 43.7 Å². The van der Waals surface area contributed by atoms with Gasteiger partial charge in [-0.2, -0.15) is 5.10 Å². The van der Waals surface area contributed by atoms with Crippen molar-refractivity contribution in [3.05, 3.63) is 72.8 Å². The number of para-hydroxylation sites is 1. The molecule has 2 unspecified atom stereocenters. The van der Waals surface area contributed by atoms with Gasteiger partial charge in [0.15, 0.2) is 6.10 Å². The van der Waals surface area contributed by atoms with Crippen LogP contribution >= 0.6 is 0 Å². The molecule has 25 heavy (non-hydrogen) atoms. The molecule has 1 heterocycles. The van der Waals surface area contributed by atoms with Gasteiger partial charge in [0.1, 0.15) is 18.4 Å². The molecule has 0 aliphatic heterocycles. The highest BCUT2D eigenvalue weighted by Gasteiger charge is 2.17. The van der Waals surface area contributed by atoms with Crippen molar-refractivity contribution in [1.82, 2.24) is 20.1 Å². The monoisotopic (exact) mass is 336 g/mol. The molecule has 1 N–H and O–H groups in total. The molecule has 3 aromatic rings. The standard InChI is InChI=1S/C19H20N4O2/c1-14(16-8-10-17(11-9-16)23-13-20-12-21-23)22-19(24)15(2)25-18-6-4-3-5-7-18/h3-15H,1-2H3,(H,22,24). The summed E-state index contributed by atoms with van der Waals surface area (Å²) in [5.74, 6) is 0.520. The Kier molecular flexibility index (Phi) is 5.09. The topological polar surface area (TPSA) is 69.0 Å². The molecule has 0 fully saturated rings. The quantitative estimate of drug-likeness (QED) is 0.751. The fourth-order valence-corrected chi connectivity index (χ4v) is 2.43. The van der Waals surface area contributed by atoms with Gasteiger partial charge >= 0.3 is 0 Å². The van der Waals surface area contributed by atoms with Gasteiger partial charge < -0.3 is 10.1 Å². The molecule has 0 spiro atoms. The van der Waals surface area contributed by atoms with Crippen molar-refractivity contribution in [3.63, 3.8) is 0 Å². The smallest absolute Gasteiger partial charge is 0.261 e. The van der Waals surface area contributed by atoms with Crippen LogP contribution in [-0.4, -0.2) is 26.8 Å². The van der Waals surface area contributed by atoms with Gasteiger partial charge in [-0.25, -0.2) is 9.67 Å². The van der Waals surface area contributed by atoms with E-state index in [9.17, 15) is 4.79 Å². The summed E-state index contributed by atoms with van der Waals surface area (Å²) in [4.78, 5) is 16.3. The highest BCUT2D eigenvalue weighted by molar-refractivity contribution is 5.81. The molecule has 0 radical (unpaired) electrons. The third-order valence-electron chi connectivity index (χ3n) is 3.86. The van der Waals surface area contributed by atoms with Gasteiger partial charge in [0, 0.05) is 0 Å². The molecule has 0 saturated heterocycles. The molecule has 1 amide bonds. The Balaban J connectivity index is 1.59. The van der Waals surface area contributed by atoms with E-state index < -0.39 is 6.10 Å². The number of nitrogens with one attached hydrogen (secondary N) is 1. The molecule has 0 bridgehead atoms. The second-order valence-corrected chi connectivity index (χ2v) is 5.73. The van der Waals surface area contributed by atoms with E-state index in [4.69, 9.17) is 4.74 Å². The van der Waals surface area contributed by atoms with Crippen molar-refractivity contribution in [3.8, 4) is 11.4 Å². The number of hydrogen-bond acceptors (Lipinski definition) is 4. The highest BCUT2D eigenvalue weighted by Crippen LogP contribution is 2.16. The number of nitrogens with zero attached hydrogens (tertiary/aromatic N) is 3. The van der Waals surface area contributed by atoms with E-state index in [2.05, 4.69) is 15.4 Å². The lowest BCUT2D eigenvalue weighted by atomic mass is 10.1. The van der Waals surface area contributed by atoms with Crippen LogP contribution in [-0.2, 0) is 4.79 Å². The van der Waals surface area contributed by atoms with Gasteiger partial charge in [-0.1, -0.05) is 30.3 Å². The lowest BCUT2D eigenvalue weighted by Crippen LogP contribution is -2.37. The maximum Gasteiger partial charge on any atom is 0.261 e. The molecule has 0 aliphatic rings. The van der Waals surface area contributed by atoms with Crippen LogP contribution in [0.15, 0.2) is 67.3 Å². The Morgan fingerprint density at radius 1 is 1.08 bits per heavy atom. The van der Waals surface area contributed by atoms with Crippen molar-refractivity contribution >= 4 is 5.91 Å². The number of carbonyl (C=O) groups is 1. The summed E-state index contributed by atoms with van der Waals surface area (Å²) in [5.41, 5.74) is 1.92. The van der Waals surface area contributed by atoms with Crippen LogP contribution in [0.5, 0.6) is 5.75 Å². The Hall–Kier alpha value is -3.15. The molecule has 1 aromatic heterocycles. The number of hydrogen-bond donors (Lipinski definition) is 1. The summed E-state index contributed by atoms with van der Waals surface area (Å²) in [6.07, 6.45) is 2.56. The van der Waals surface area contributed by atoms with E-state index in [0.29, 0.717) is 5.75 Å². The average Bonchev–Trinajstić information content (AvgIpc) is 3.17. The molecule has 0 aliphatic carbocycles. The number of ether oxygens (including phenoxy) is 1. The van der Waals surface area contributed by atoms with Gasteiger partial charge in [0.2, 0.25) is 0 Å². The first-order valence-corrected chi connectivity index (χ1v) is 8.10. The zero-order valence-corrected chi connectivity index (χ0v) is 14.2. The van der Waals surface area contributed by atoms with Gasteiger partial charge in [0.05, 0.1) is 11.7 Å². The second kappa shape index (κ2) is 7.61. The number of aromatic nitrogens is 3.